The Balaban J connectivity index is 1.56. The zero-order valence-corrected chi connectivity index (χ0v) is 19.3. The first-order chi connectivity index (χ1) is 12.3. The lowest BCUT2D eigenvalue weighted by Gasteiger charge is -2.78. The summed E-state index contributed by atoms with van der Waals surface area (Å²) in [7, 11) is -2.90. The van der Waals surface area contributed by atoms with E-state index in [-0.39, 0.29) is 0 Å². The molecule has 142 valence electrons. The van der Waals surface area contributed by atoms with E-state index >= 15 is 0 Å². The van der Waals surface area contributed by atoms with Gasteiger partial charge < -0.3 is 0 Å². The van der Waals surface area contributed by atoms with E-state index in [4.69, 9.17) is 0 Å². The van der Waals surface area contributed by atoms with E-state index in [1.165, 1.54) is 25.3 Å². The minimum absolute atomic E-state index is 0.612. The second kappa shape index (κ2) is 5.17. The Morgan fingerprint density at radius 3 is 1.31 bits per heavy atom. The predicted molar refractivity (Wildman–Crippen MR) is 118 cm³/mol. The molecule has 0 aromatic rings. The highest BCUT2D eigenvalue weighted by molar-refractivity contribution is 6.90. The van der Waals surface area contributed by atoms with E-state index in [0.717, 1.165) is 35.5 Å². The second-order valence-electron chi connectivity index (χ2n) is 11.4. The molecular weight excluding hydrogens is 344 g/mol. The Labute approximate surface area is 163 Å². The van der Waals surface area contributed by atoms with Crippen molar-refractivity contribution in [3.8, 4) is 0 Å². The van der Waals surface area contributed by atoms with E-state index in [1.807, 2.05) is 0 Å². The fourth-order valence-electron chi connectivity index (χ4n) is 9.54. The zero-order chi connectivity index (χ0) is 18.5. The zero-order valence-electron chi connectivity index (χ0n) is 17.3. The number of hydrogen-bond acceptors (Lipinski definition) is 0. The summed E-state index contributed by atoms with van der Waals surface area (Å²) in [5.74, 6) is 6.31. The molecule has 0 saturated heterocycles. The van der Waals surface area contributed by atoms with Gasteiger partial charge in [-0.3, -0.25) is 0 Å². The van der Waals surface area contributed by atoms with Crippen LogP contribution >= 0.6 is 0 Å². The minimum atomic E-state index is -1.56. The van der Waals surface area contributed by atoms with E-state index in [0.29, 0.717) is 10.1 Å². The van der Waals surface area contributed by atoms with Gasteiger partial charge in [-0.25, -0.2) is 0 Å². The van der Waals surface area contributed by atoms with Gasteiger partial charge in [0, 0.05) is 0 Å². The van der Waals surface area contributed by atoms with Crippen molar-refractivity contribution >= 4 is 16.1 Å². The molecule has 7 aliphatic carbocycles. The lowest BCUT2D eigenvalue weighted by atomic mass is 9.35. The van der Waals surface area contributed by atoms with Crippen molar-refractivity contribution in [2.45, 2.75) is 74.7 Å². The van der Waals surface area contributed by atoms with Gasteiger partial charge in [0.25, 0.3) is 0 Å². The smallest absolute Gasteiger partial charge is 0.104 e. The lowest BCUT2D eigenvalue weighted by molar-refractivity contribution is -0.196. The van der Waals surface area contributed by atoms with E-state index in [9.17, 15) is 0 Å². The van der Waals surface area contributed by atoms with E-state index in [1.54, 1.807) is 19.3 Å². The molecule has 1 unspecified atom stereocenters. The molecule has 0 N–H and O–H groups in total. The maximum atomic E-state index is 4.37. The molecule has 7 saturated carbocycles. The summed E-state index contributed by atoms with van der Waals surface area (Å²) in [6.45, 7) is 20.7. The third-order valence-electron chi connectivity index (χ3n) is 11.4. The Morgan fingerprint density at radius 1 is 0.692 bits per heavy atom. The Morgan fingerprint density at radius 2 is 1.04 bits per heavy atom. The van der Waals surface area contributed by atoms with Crippen LogP contribution in [0.15, 0.2) is 36.8 Å². The van der Waals surface area contributed by atoms with E-state index < -0.39 is 16.1 Å². The van der Waals surface area contributed by atoms with Gasteiger partial charge in [-0.2, -0.15) is 0 Å². The van der Waals surface area contributed by atoms with Crippen molar-refractivity contribution in [1.29, 1.82) is 0 Å². The molecule has 1 atom stereocenters. The van der Waals surface area contributed by atoms with Gasteiger partial charge in [0.15, 0.2) is 0 Å². The molecule has 0 heterocycles. The fraction of sp³-hybridized carbons (Fsp3) is 0.750. The molecular formula is C24H38Si2. The molecule has 26 heavy (non-hydrogen) atoms. The van der Waals surface area contributed by atoms with Crippen molar-refractivity contribution in [3.05, 3.63) is 36.8 Å². The summed E-state index contributed by atoms with van der Waals surface area (Å²) in [5.41, 5.74) is 7.25. The van der Waals surface area contributed by atoms with Crippen molar-refractivity contribution < 1.29 is 0 Å². The molecule has 0 radical (unpaired) electrons. The van der Waals surface area contributed by atoms with Crippen LogP contribution in [0, 0.1) is 35.5 Å². The molecule has 0 aliphatic heterocycles. The quantitative estimate of drug-likeness (QED) is 0.437. The topological polar surface area (TPSA) is 0 Å². The van der Waals surface area contributed by atoms with Gasteiger partial charge in [-0.1, -0.05) is 37.5 Å². The van der Waals surface area contributed by atoms with Gasteiger partial charge in [-0.05, 0) is 84.1 Å². The maximum absolute atomic E-state index is 4.37. The van der Waals surface area contributed by atoms with Crippen molar-refractivity contribution in [2.75, 3.05) is 0 Å². The summed E-state index contributed by atoms with van der Waals surface area (Å²) >= 11 is 0. The van der Waals surface area contributed by atoms with Crippen molar-refractivity contribution in [3.63, 3.8) is 0 Å². The highest BCUT2D eigenvalue weighted by Gasteiger charge is 2.74. The summed E-state index contributed by atoms with van der Waals surface area (Å²) in [6.07, 6.45) is 9.29. The maximum Gasteiger partial charge on any atom is 0.104 e. The molecule has 0 aromatic heterocycles. The van der Waals surface area contributed by atoms with Crippen LogP contribution in [-0.4, -0.2) is 16.1 Å². The average molecular weight is 383 g/mol. The van der Waals surface area contributed by atoms with Crippen LogP contribution in [0.3, 0.4) is 0 Å². The first-order valence-corrected chi connectivity index (χ1v) is 16.7. The highest BCUT2D eigenvalue weighted by atomic mass is 28.3. The van der Waals surface area contributed by atoms with Gasteiger partial charge in [0.05, 0.1) is 8.07 Å². The first-order valence-electron chi connectivity index (χ1n) is 11.2. The Bertz CT molecular complexity index is 605. The molecule has 0 nitrogen and oxygen atoms in total. The normalized spacial score (nSPS) is 52.7. The standard InChI is InChI=1S/C24H38Si2/c1-7-25(5,8-2)23-11-17-20-14-24(26(6,9-3)10-4)15-21(17)19(13-23)22(16-24)18(20)12-23/h7-9,17-22H,1-3,10-16H2,4-6H3. The first kappa shape index (κ1) is 17.7. The van der Waals surface area contributed by atoms with Crippen LogP contribution in [0.25, 0.3) is 0 Å². The summed E-state index contributed by atoms with van der Waals surface area (Å²) in [4.78, 5) is 0. The molecule has 7 aliphatic rings. The summed E-state index contributed by atoms with van der Waals surface area (Å²) < 4.78 is 0. The van der Waals surface area contributed by atoms with Gasteiger partial charge in [0.1, 0.15) is 8.07 Å². The molecule has 7 rings (SSSR count). The van der Waals surface area contributed by atoms with Gasteiger partial charge in [0.2, 0.25) is 0 Å². The lowest BCUT2D eigenvalue weighted by Crippen LogP contribution is -2.70. The highest BCUT2D eigenvalue weighted by Crippen LogP contribution is 2.83. The van der Waals surface area contributed by atoms with Crippen LogP contribution in [0.2, 0.25) is 29.2 Å². The molecule has 0 amide bonds. The van der Waals surface area contributed by atoms with Crippen LogP contribution in [0.5, 0.6) is 0 Å². The number of rotatable bonds is 6. The SMILES string of the molecule is C=C[Si](C)(C=C)C12CC3C4CC5([Si](C)(C=C)CC)CC3C(C1)C(C5)C4C2. The van der Waals surface area contributed by atoms with Crippen LogP contribution < -0.4 is 0 Å². The Kier molecular flexibility index (Phi) is 3.53. The average Bonchev–Trinajstić information content (AvgIpc) is 2.69. The van der Waals surface area contributed by atoms with Crippen LogP contribution in [0.4, 0.5) is 0 Å². The van der Waals surface area contributed by atoms with E-state index in [2.05, 4.69) is 56.9 Å². The Hall–Kier alpha value is -0.346. The van der Waals surface area contributed by atoms with Crippen molar-refractivity contribution in [2.24, 2.45) is 35.5 Å². The van der Waals surface area contributed by atoms with Crippen molar-refractivity contribution in [1.82, 2.24) is 0 Å². The molecule has 8 bridgehead atoms. The molecule has 2 heteroatoms. The van der Waals surface area contributed by atoms with Crippen LogP contribution in [-0.2, 0) is 0 Å². The summed E-state index contributed by atoms with van der Waals surface area (Å²) in [5, 5.41) is 1.32. The second-order valence-corrected chi connectivity index (χ2v) is 20.9. The third kappa shape index (κ3) is 1.73. The molecule has 0 spiro atoms. The van der Waals surface area contributed by atoms with Gasteiger partial charge in [-0.15, -0.1) is 25.4 Å². The summed E-state index contributed by atoms with van der Waals surface area (Å²) in [6, 6.07) is 1.41. The monoisotopic (exact) mass is 382 g/mol. The van der Waals surface area contributed by atoms with Gasteiger partial charge >= 0.3 is 0 Å². The fourth-order valence-corrected chi connectivity index (χ4v) is 16.2. The predicted octanol–water partition coefficient (Wildman–Crippen LogP) is 6.93. The minimum Gasteiger partial charge on any atom is -0.107 e. The largest absolute Gasteiger partial charge is 0.107 e. The van der Waals surface area contributed by atoms with Crippen LogP contribution in [0.1, 0.15) is 45.4 Å². The number of hydrogen-bond donors (Lipinski definition) is 0. The third-order valence-corrected chi connectivity index (χ3v) is 21.4. The molecule has 0 aromatic carbocycles. The molecule has 7 fully saturated rings.